The Balaban J connectivity index is -0.0000000892. The van der Waals surface area contributed by atoms with E-state index in [9.17, 15) is 101 Å². The monoisotopic (exact) mass is 1880 g/mol. The molecule has 0 rings (SSSR count). The van der Waals surface area contributed by atoms with E-state index in [-0.39, 0.29) is 182 Å². The summed E-state index contributed by atoms with van der Waals surface area (Å²) in [6.07, 6.45) is 7.98. The number of aliphatic carboxylic acids is 3. The van der Waals surface area contributed by atoms with Gasteiger partial charge in [0.1, 0.15) is 0 Å². The molecule has 0 heterocycles. The van der Waals surface area contributed by atoms with Crippen LogP contribution in [0.2, 0.25) is 0 Å². The van der Waals surface area contributed by atoms with Crippen LogP contribution in [0.25, 0.3) is 0 Å². The number of hydrogen-bond donors (Lipinski definition) is 8. The van der Waals surface area contributed by atoms with Gasteiger partial charge in [0.15, 0.2) is 0 Å². The van der Waals surface area contributed by atoms with E-state index in [0.717, 1.165) is 25.7 Å². The van der Waals surface area contributed by atoms with Crippen molar-refractivity contribution in [3.63, 3.8) is 0 Å². The van der Waals surface area contributed by atoms with E-state index in [2.05, 4.69) is 40.2 Å². The Morgan fingerprint density at radius 3 is 0.496 bits per heavy atom. The first kappa shape index (κ1) is 151. The maximum absolute atomic E-state index is 11.5. The molecule has 0 fully saturated rings. The zero-order chi connectivity index (χ0) is 99.4. The molecule has 8 N–H and O–H groups in total. The smallest absolute Gasteiger partial charge is 0.748 e. The van der Waals surface area contributed by atoms with Crippen LogP contribution in [-0.2, 0) is 112 Å². The minimum Gasteiger partial charge on any atom is -0.748 e. The van der Waals surface area contributed by atoms with Gasteiger partial charge >= 0.3 is 124 Å². The van der Waals surface area contributed by atoms with E-state index in [0.29, 0.717) is 44.9 Å². The van der Waals surface area contributed by atoms with Crippen molar-refractivity contribution in [2.24, 2.45) is 61.6 Å². The van der Waals surface area contributed by atoms with Crippen LogP contribution in [0.3, 0.4) is 0 Å². The van der Waals surface area contributed by atoms with Crippen molar-refractivity contribution >= 4 is 106 Å². The summed E-state index contributed by atoms with van der Waals surface area (Å²) in [5.74, 6) is -6.66. The molecule has 0 aromatic rings. The van der Waals surface area contributed by atoms with Crippen LogP contribution in [-0.4, -0.2) is 201 Å². The molecule has 0 spiro atoms. The first-order valence-corrected chi connectivity index (χ1v) is 46.4. The molecule has 0 saturated carbocycles. The molecule has 0 aromatic carbocycles. The Hall–Kier alpha value is -3.19. The summed E-state index contributed by atoms with van der Waals surface area (Å²) in [6, 6.07) is 0. The summed E-state index contributed by atoms with van der Waals surface area (Å²) in [5, 5.41) is 37.3. The second-order valence-corrected chi connectivity index (χ2v) is 41.8. The van der Waals surface area contributed by atoms with Crippen LogP contribution >= 0.6 is 0 Å². The Kier molecular flexibility index (Phi) is 84.5. The van der Waals surface area contributed by atoms with Gasteiger partial charge in [-0.05, 0) is 209 Å². The number of rotatable bonds is 34. The molecule has 34 nitrogen and oxygen atoms in total. The van der Waals surface area contributed by atoms with E-state index in [1.54, 1.807) is 96.9 Å². The number of hydrogen-bond acceptors (Lipinski definition) is 26. The number of esters is 4. The average Bonchev–Trinajstić information content (AvgIpc) is 0.869. The van der Waals surface area contributed by atoms with Gasteiger partial charge in [-0.3, -0.25) is 57.1 Å². The Morgan fingerprint density at radius 1 is 0.293 bits per heavy atom. The van der Waals surface area contributed by atoms with Gasteiger partial charge in [-0.2, -0.15) is 16.8 Å². The van der Waals surface area contributed by atoms with Gasteiger partial charge in [-0.15, -0.1) is 0 Å². The van der Waals surface area contributed by atoms with Crippen LogP contribution in [0.1, 0.15) is 327 Å². The third-order valence-electron chi connectivity index (χ3n) is 19.1. The number of methoxy groups -OCH3 is 4. The number of carboxylic acid groups (broad SMARTS) is 3. The maximum Gasteiger partial charge on any atom is 1.00 e. The van der Waals surface area contributed by atoms with Gasteiger partial charge in [-0.1, -0.05) is 118 Å². The van der Waals surface area contributed by atoms with Crippen molar-refractivity contribution in [2.75, 3.05) is 51.5 Å². The van der Waals surface area contributed by atoms with Crippen molar-refractivity contribution in [1.29, 1.82) is 0 Å². The van der Waals surface area contributed by atoms with E-state index in [1.165, 1.54) is 56.1 Å². The van der Waals surface area contributed by atoms with Crippen LogP contribution < -0.4 is 115 Å². The van der Waals surface area contributed by atoms with Gasteiger partial charge in [0, 0.05) is 46.1 Å². The molecule has 123 heavy (non-hydrogen) atoms. The third kappa shape index (κ3) is 87.9. The van der Waals surface area contributed by atoms with Crippen molar-refractivity contribution in [1.82, 2.24) is 21.3 Å². The second-order valence-electron chi connectivity index (χ2n) is 36.1. The van der Waals surface area contributed by atoms with Crippen LogP contribution in [0.15, 0.2) is 0 Å². The molecule has 0 aromatic heterocycles. The number of amides is 4. The van der Waals surface area contributed by atoms with Crippen molar-refractivity contribution in [2.45, 2.75) is 349 Å². The van der Waals surface area contributed by atoms with E-state index in [1.807, 2.05) is 132 Å². The fourth-order valence-electron chi connectivity index (χ4n) is 6.64. The van der Waals surface area contributed by atoms with Gasteiger partial charge in [0.25, 0.3) is 20.2 Å². The fraction of sp³-hybridized carbons (Fsp3) is 0.866. The SMILES string of the molecule is CCC(C)(C)C(=O)O.CCC(C)(C)C(=O)O.CCC(C)(C)C(=O)OC.CCC(C)(C)C(=O)OC.CCC(C)(C)C(=O)OC.CCC(C)(C)C(=O)OC.CCC(C)(C)C(=O)[O-].CCC(C)C(=O)NC(C)(C)CS(=O)(=O)O.CCC(C)C(=O)NC(C)(C)CS(=O)(=O)O.CCC(C)C(=O)NC(C)(C)CS(=O)(=O)[O-].CCC(C)C(=O)NC(C)(C)CS(=O)(=O)[O-].[Na+].[Na+].[Na+]. The minimum absolute atomic E-state index is 0. The zero-order valence-corrected chi connectivity index (χ0v) is 93.2. The molecule has 4 atom stereocenters. The number of ether oxygens (including phenoxy) is 4. The standard InChI is InChI=1S/4C9H19NO4S.4C7H14O2.3C6H12O2.3Na/c4*1-5-7(2)8(11)10-9(3,4)6-15(12,13)14;4*1-5-7(2,3)6(8)9-4;3*1-4-6(2,3)5(7)8;;;/h4*7H,5-6H2,1-4H3,(H,10,11)(H,12,13,14);4*5H2,1-4H3;3*4H2,1-3H3,(H,7,8);;;/q;;;;;;;;;;;3*+1/p-3. The number of carbonyl (C=O) groups excluding carboxylic acids is 9. The molecule has 720 valence electrons. The van der Waals surface area contributed by atoms with E-state index < -0.39 is 120 Å². The predicted octanol–water partition coefficient (Wildman–Crippen LogP) is 3.16. The summed E-state index contributed by atoms with van der Waals surface area (Å²) < 4.78 is 142. The van der Waals surface area contributed by atoms with Gasteiger partial charge in [-0.25, -0.2) is 16.8 Å². The third-order valence-corrected chi connectivity index (χ3v) is 23.4. The molecule has 0 aliphatic rings. The van der Waals surface area contributed by atoms with Crippen LogP contribution in [0.4, 0.5) is 0 Å². The second kappa shape index (κ2) is 68.8. The van der Waals surface area contributed by atoms with Crippen molar-refractivity contribution < 1.29 is 228 Å². The first-order chi connectivity index (χ1) is 53.0. The van der Waals surface area contributed by atoms with Crippen LogP contribution in [0, 0.1) is 61.6 Å². The van der Waals surface area contributed by atoms with Gasteiger partial charge in [0.05, 0.1) is 115 Å². The summed E-state index contributed by atoms with van der Waals surface area (Å²) in [5.41, 5.74) is -6.91. The molecule has 4 unspecified atom stereocenters. The summed E-state index contributed by atoms with van der Waals surface area (Å²) in [4.78, 5) is 120. The summed E-state index contributed by atoms with van der Waals surface area (Å²) >= 11 is 0. The number of nitrogens with one attached hydrogen (secondary N) is 4. The molecule has 0 radical (unpaired) electrons. The molecule has 0 aliphatic carbocycles. The average molecular weight is 1880 g/mol. The summed E-state index contributed by atoms with van der Waals surface area (Å²) in [6.45, 7) is 65.4. The molecular formula is C82H165N4Na3O30S4. The molecule has 4 amide bonds. The minimum atomic E-state index is -4.32. The summed E-state index contributed by atoms with van der Waals surface area (Å²) in [7, 11) is -11.1. The van der Waals surface area contributed by atoms with Crippen molar-refractivity contribution in [3.8, 4) is 0 Å². The predicted molar refractivity (Wildman–Crippen MR) is 466 cm³/mol. The molecule has 41 heteroatoms. The zero-order valence-electron chi connectivity index (χ0n) is 84.0. The fourth-order valence-corrected chi connectivity index (χ4v) is 10.5. The van der Waals surface area contributed by atoms with Gasteiger partial charge in [0.2, 0.25) is 23.6 Å². The van der Waals surface area contributed by atoms with E-state index >= 15 is 0 Å². The quantitative estimate of drug-likeness (QED) is 0.0198. The number of carbonyl (C=O) groups is 11. The Morgan fingerprint density at radius 2 is 0.431 bits per heavy atom. The normalized spacial score (nSPS) is 12.7. The Labute approximate surface area is 809 Å². The Bertz CT molecular complexity index is 3090. The largest absolute Gasteiger partial charge is 1.00 e. The van der Waals surface area contributed by atoms with Crippen molar-refractivity contribution in [3.05, 3.63) is 0 Å². The maximum atomic E-state index is 11.5. The molecular weight excluding hydrogens is 1720 g/mol. The topological polar surface area (TPSA) is 559 Å². The molecule has 0 aliphatic heterocycles. The first-order valence-electron chi connectivity index (χ1n) is 40.0. The molecule has 0 bridgehead atoms. The molecule has 0 saturated heterocycles. The number of carboxylic acids is 3. The van der Waals surface area contributed by atoms with Gasteiger partial charge < -0.3 is 69.4 Å². The van der Waals surface area contributed by atoms with Crippen LogP contribution in [0.5, 0.6) is 0 Å². The van der Waals surface area contributed by atoms with E-state index in [4.69, 9.17) is 19.3 Å².